The van der Waals surface area contributed by atoms with Crippen molar-refractivity contribution in [2.45, 2.75) is 13.3 Å². The molecule has 0 aliphatic heterocycles. The minimum absolute atomic E-state index is 0.0670. The fourth-order valence-electron chi connectivity index (χ4n) is 2.50. The number of halogens is 1. The molecule has 1 heterocycles. The quantitative estimate of drug-likeness (QED) is 0.708. The second kappa shape index (κ2) is 7.41. The van der Waals surface area contributed by atoms with Gasteiger partial charge in [-0.25, -0.2) is 4.39 Å². The SMILES string of the molecule is Cc1ccc(-c2ccsc2C(=O)NCCc2ccc(F)cc2)cc1. The third-order valence-electron chi connectivity index (χ3n) is 3.85. The Morgan fingerprint density at radius 3 is 2.46 bits per heavy atom. The predicted molar refractivity (Wildman–Crippen MR) is 96.9 cm³/mol. The van der Waals surface area contributed by atoms with E-state index in [0.717, 1.165) is 21.6 Å². The number of aryl methyl sites for hydroxylation is 1. The maximum absolute atomic E-state index is 12.9. The van der Waals surface area contributed by atoms with E-state index in [1.807, 2.05) is 42.6 Å². The van der Waals surface area contributed by atoms with Gasteiger partial charge in [0, 0.05) is 12.1 Å². The molecule has 24 heavy (non-hydrogen) atoms. The molecule has 0 bridgehead atoms. The molecular formula is C20H18FNOS. The Kier molecular flexibility index (Phi) is 5.06. The van der Waals surface area contributed by atoms with E-state index in [4.69, 9.17) is 0 Å². The van der Waals surface area contributed by atoms with Crippen LogP contribution in [0, 0.1) is 12.7 Å². The third-order valence-corrected chi connectivity index (χ3v) is 4.76. The lowest BCUT2D eigenvalue weighted by Crippen LogP contribution is -2.25. The van der Waals surface area contributed by atoms with Crippen LogP contribution in [0.25, 0.3) is 11.1 Å². The van der Waals surface area contributed by atoms with E-state index in [9.17, 15) is 9.18 Å². The molecule has 122 valence electrons. The van der Waals surface area contributed by atoms with Crippen LogP contribution in [0.2, 0.25) is 0 Å². The molecule has 1 aromatic heterocycles. The van der Waals surface area contributed by atoms with Gasteiger partial charge in [-0.3, -0.25) is 4.79 Å². The predicted octanol–water partition coefficient (Wildman–Crippen LogP) is 4.84. The first-order chi connectivity index (χ1) is 11.6. The summed E-state index contributed by atoms with van der Waals surface area (Å²) in [4.78, 5) is 13.2. The zero-order valence-corrected chi connectivity index (χ0v) is 14.2. The zero-order chi connectivity index (χ0) is 16.9. The number of hydrogen-bond acceptors (Lipinski definition) is 2. The summed E-state index contributed by atoms with van der Waals surface area (Å²) in [6.45, 7) is 2.57. The maximum Gasteiger partial charge on any atom is 0.261 e. The summed E-state index contributed by atoms with van der Waals surface area (Å²) < 4.78 is 12.9. The van der Waals surface area contributed by atoms with Crippen molar-refractivity contribution in [1.82, 2.24) is 5.32 Å². The largest absolute Gasteiger partial charge is 0.351 e. The molecule has 0 saturated heterocycles. The minimum atomic E-state index is -0.246. The van der Waals surface area contributed by atoms with Crippen LogP contribution in [0.4, 0.5) is 4.39 Å². The third kappa shape index (κ3) is 3.89. The van der Waals surface area contributed by atoms with Gasteiger partial charge in [-0.15, -0.1) is 11.3 Å². The van der Waals surface area contributed by atoms with E-state index in [2.05, 4.69) is 5.32 Å². The van der Waals surface area contributed by atoms with Crippen LogP contribution in [0.5, 0.6) is 0 Å². The first-order valence-corrected chi connectivity index (χ1v) is 8.68. The van der Waals surface area contributed by atoms with Crippen molar-refractivity contribution in [3.8, 4) is 11.1 Å². The van der Waals surface area contributed by atoms with Gasteiger partial charge in [-0.05, 0) is 48.1 Å². The normalized spacial score (nSPS) is 10.6. The van der Waals surface area contributed by atoms with E-state index in [1.165, 1.54) is 29.0 Å². The number of nitrogens with one attached hydrogen (secondary N) is 1. The van der Waals surface area contributed by atoms with Crippen LogP contribution in [0.1, 0.15) is 20.8 Å². The summed E-state index contributed by atoms with van der Waals surface area (Å²) in [7, 11) is 0. The molecule has 0 fully saturated rings. The minimum Gasteiger partial charge on any atom is -0.351 e. The maximum atomic E-state index is 12.9. The van der Waals surface area contributed by atoms with Crippen LogP contribution in [-0.4, -0.2) is 12.5 Å². The van der Waals surface area contributed by atoms with E-state index >= 15 is 0 Å². The molecule has 0 aliphatic rings. The molecular weight excluding hydrogens is 321 g/mol. The number of rotatable bonds is 5. The van der Waals surface area contributed by atoms with Gasteiger partial charge in [0.15, 0.2) is 0 Å². The van der Waals surface area contributed by atoms with Crippen LogP contribution >= 0.6 is 11.3 Å². The number of carbonyl (C=O) groups excluding carboxylic acids is 1. The Morgan fingerprint density at radius 1 is 1.04 bits per heavy atom. The lowest BCUT2D eigenvalue weighted by Gasteiger charge is -2.07. The van der Waals surface area contributed by atoms with Gasteiger partial charge in [0.05, 0.1) is 4.88 Å². The zero-order valence-electron chi connectivity index (χ0n) is 13.4. The Labute approximate surface area is 145 Å². The molecule has 2 aromatic carbocycles. The molecule has 0 saturated carbocycles. The molecule has 0 radical (unpaired) electrons. The fourth-order valence-corrected chi connectivity index (χ4v) is 3.33. The fraction of sp³-hybridized carbons (Fsp3) is 0.150. The molecule has 0 unspecified atom stereocenters. The number of hydrogen-bond donors (Lipinski definition) is 1. The lowest BCUT2D eigenvalue weighted by atomic mass is 10.0. The lowest BCUT2D eigenvalue weighted by molar-refractivity contribution is 0.0959. The molecule has 0 atom stereocenters. The van der Waals surface area contributed by atoms with Crippen LogP contribution in [0.15, 0.2) is 60.0 Å². The average Bonchev–Trinajstić information content (AvgIpc) is 3.07. The topological polar surface area (TPSA) is 29.1 Å². The summed E-state index contributed by atoms with van der Waals surface area (Å²) >= 11 is 1.44. The highest BCUT2D eigenvalue weighted by atomic mass is 32.1. The van der Waals surface area contributed by atoms with Gasteiger partial charge < -0.3 is 5.32 Å². The molecule has 4 heteroatoms. The van der Waals surface area contributed by atoms with Crippen LogP contribution in [0.3, 0.4) is 0 Å². The summed E-state index contributed by atoms with van der Waals surface area (Å²) in [5.74, 6) is -0.313. The highest BCUT2D eigenvalue weighted by molar-refractivity contribution is 7.12. The van der Waals surface area contributed by atoms with Crippen molar-refractivity contribution >= 4 is 17.2 Å². The summed E-state index contributed by atoms with van der Waals surface area (Å²) in [6.07, 6.45) is 0.678. The number of thiophene rings is 1. The second-order valence-corrected chi connectivity index (χ2v) is 6.58. The van der Waals surface area contributed by atoms with Crippen LogP contribution in [-0.2, 0) is 6.42 Å². The highest BCUT2D eigenvalue weighted by Gasteiger charge is 2.14. The molecule has 1 amide bonds. The molecule has 3 rings (SSSR count). The van der Waals surface area contributed by atoms with Crippen molar-refractivity contribution in [3.63, 3.8) is 0 Å². The van der Waals surface area contributed by atoms with E-state index in [1.54, 1.807) is 12.1 Å². The Bertz CT molecular complexity index is 822. The van der Waals surface area contributed by atoms with Crippen molar-refractivity contribution in [3.05, 3.63) is 81.8 Å². The summed E-state index contributed by atoms with van der Waals surface area (Å²) in [5.41, 5.74) is 4.20. The summed E-state index contributed by atoms with van der Waals surface area (Å²) in [6, 6.07) is 16.5. The summed E-state index contributed by atoms with van der Waals surface area (Å²) in [5, 5.41) is 4.88. The van der Waals surface area contributed by atoms with Crippen LogP contribution < -0.4 is 5.32 Å². The Balaban J connectivity index is 1.64. The average molecular weight is 339 g/mol. The molecule has 2 nitrogen and oxygen atoms in total. The van der Waals surface area contributed by atoms with Crippen molar-refractivity contribution in [2.75, 3.05) is 6.54 Å². The van der Waals surface area contributed by atoms with Gasteiger partial charge >= 0.3 is 0 Å². The Hall–Kier alpha value is -2.46. The standard InChI is InChI=1S/C20H18FNOS/c1-14-2-6-16(7-3-14)18-11-13-24-19(18)20(23)22-12-10-15-4-8-17(21)9-5-15/h2-9,11,13H,10,12H2,1H3,(H,22,23). The second-order valence-electron chi connectivity index (χ2n) is 5.66. The van der Waals surface area contributed by atoms with Crippen molar-refractivity contribution in [2.24, 2.45) is 0 Å². The van der Waals surface area contributed by atoms with E-state index in [0.29, 0.717) is 13.0 Å². The van der Waals surface area contributed by atoms with Gasteiger partial charge in [-0.2, -0.15) is 0 Å². The van der Waals surface area contributed by atoms with Gasteiger partial charge in [0.1, 0.15) is 5.82 Å². The monoisotopic (exact) mass is 339 g/mol. The van der Waals surface area contributed by atoms with Gasteiger partial charge in [0.2, 0.25) is 0 Å². The van der Waals surface area contributed by atoms with Gasteiger partial charge in [-0.1, -0.05) is 42.0 Å². The number of amides is 1. The molecule has 3 aromatic rings. The number of carbonyl (C=O) groups is 1. The first-order valence-electron chi connectivity index (χ1n) is 7.80. The smallest absolute Gasteiger partial charge is 0.261 e. The molecule has 0 aliphatic carbocycles. The van der Waals surface area contributed by atoms with E-state index < -0.39 is 0 Å². The van der Waals surface area contributed by atoms with Gasteiger partial charge in [0.25, 0.3) is 5.91 Å². The van der Waals surface area contributed by atoms with Crippen molar-refractivity contribution < 1.29 is 9.18 Å². The first kappa shape index (κ1) is 16.4. The Morgan fingerprint density at radius 2 is 1.75 bits per heavy atom. The molecule has 0 spiro atoms. The van der Waals surface area contributed by atoms with Crippen molar-refractivity contribution in [1.29, 1.82) is 0 Å². The molecule has 1 N–H and O–H groups in total. The van der Waals surface area contributed by atoms with E-state index in [-0.39, 0.29) is 11.7 Å². The highest BCUT2D eigenvalue weighted by Crippen LogP contribution is 2.28. The number of benzene rings is 2.